The molecule has 1 aliphatic rings. The lowest BCUT2D eigenvalue weighted by atomic mass is 10.1. The van der Waals surface area contributed by atoms with Gasteiger partial charge in [0.05, 0.1) is 17.6 Å². The van der Waals surface area contributed by atoms with Gasteiger partial charge in [-0.1, -0.05) is 23.4 Å². The Morgan fingerprint density at radius 2 is 1.68 bits per heavy atom. The molecule has 0 atom stereocenters. The van der Waals surface area contributed by atoms with E-state index in [4.69, 9.17) is 0 Å². The first-order valence-electron chi connectivity index (χ1n) is 9.31. The molecule has 1 aromatic heterocycles. The molecule has 2 heterocycles. The van der Waals surface area contributed by atoms with Crippen molar-refractivity contribution in [1.29, 1.82) is 0 Å². The van der Waals surface area contributed by atoms with Crippen LogP contribution in [0.5, 0.6) is 0 Å². The minimum Gasteiger partial charge on any atom is -0.366 e. The fourth-order valence-corrected chi connectivity index (χ4v) is 3.59. The van der Waals surface area contributed by atoms with Crippen molar-refractivity contribution in [3.8, 4) is 5.69 Å². The topological polar surface area (TPSA) is 54.3 Å². The Balaban J connectivity index is 1.45. The molecule has 28 heavy (non-hydrogen) atoms. The number of anilines is 1. The number of benzene rings is 2. The number of carbonyl (C=O) groups is 1. The van der Waals surface area contributed by atoms with Crippen LogP contribution in [0.25, 0.3) is 5.69 Å². The Hall–Kier alpha value is -3.22. The van der Waals surface area contributed by atoms with Crippen molar-refractivity contribution in [1.82, 2.24) is 19.9 Å². The van der Waals surface area contributed by atoms with Crippen LogP contribution in [0.15, 0.2) is 48.7 Å². The molecule has 3 aromatic rings. The van der Waals surface area contributed by atoms with E-state index >= 15 is 0 Å². The quantitative estimate of drug-likeness (QED) is 0.702. The number of aryl methyl sites for hydroxylation is 2. The summed E-state index contributed by atoms with van der Waals surface area (Å²) in [4.78, 5) is 16.5. The van der Waals surface area contributed by atoms with Gasteiger partial charge in [-0.3, -0.25) is 4.79 Å². The Labute approximate surface area is 163 Å². The van der Waals surface area contributed by atoms with E-state index in [1.54, 1.807) is 27.9 Å². The number of halogens is 1. The fraction of sp³-hybridized carbons (Fsp3) is 0.286. The van der Waals surface area contributed by atoms with E-state index in [2.05, 4.69) is 16.4 Å². The summed E-state index contributed by atoms with van der Waals surface area (Å²) >= 11 is 0. The molecule has 0 saturated carbocycles. The van der Waals surface area contributed by atoms with Crippen molar-refractivity contribution in [3.63, 3.8) is 0 Å². The first kappa shape index (κ1) is 18.2. The zero-order valence-electron chi connectivity index (χ0n) is 16.0. The maximum absolute atomic E-state index is 14.0. The van der Waals surface area contributed by atoms with E-state index in [1.165, 1.54) is 6.07 Å². The van der Waals surface area contributed by atoms with Crippen molar-refractivity contribution in [2.75, 3.05) is 31.1 Å². The van der Waals surface area contributed by atoms with Gasteiger partial charge in [0.15, 0.2) is 5.69 Å². The number of hydrogen-bond donors (Lipinski definition) is 0. The predicted octanol–water partition coefficient (Wildman–Crippen LogP) is 2.99. The van der Waals surface area contributed by atoms with Gasteiger partial charge >= 0.3 is 0 Å². The normalized spacial score (nSPS) is 14.4. The van der Waals surface area contributed by atoms with Crippen molar-refractivity contribution in [2.24, 2.45) is 0 Å². The van der Waals surface area contributed by atoms with Crippen LogP contribution in [-0.2, 0) is 0 Å². The van der Waals surface area contributed by atoms with Gasteiger partial charge in [0.2, 0.25) is 0 Å². The van der Waals surface area contributed by atoms with Crippen molar-refractivity contribution >= 4 is 11.6 Å². The first-order valence-corrected chi connectivity index (χ1v) is 9.31. The molecule has 1 aliphatic heterocycles. The van der Waals surface area contributed by atoms with Gasteiger partial charge in [0, 0.05) is 26.2 Å². The van der Waals surface area contributed by atoms with E-state index in [1.807, 2.05) is 36.9 Å². The summed E-state index contributed by atoms with van der Waals surface area (Å²) in [5.74, 6) is -0.387. The third-order valence-corrected chi connectivity index (χ3v) is 4.94. The molecular weight excluding hydrogens is 357 g/mol. The van der Waals surface area contributed by atoms with Crippen molar-refractivity contribution < 1.29 is 9.18 Å². The highest BCUT2D eigenvalue weighted by molar-refractivity contribution is 5.92. The second kappa shape index (κ2) is 7.42. The molecular formula is C21H22FN5O. The van der Waals surface area contributed by atoms with Gasteiger partial charge in [0.1, 0.15) is 5.82 Å². The van der Waals surface area contributed by atoms with Gasteiger partial charge in [-0.05, 0) is 49.2 Å². The van der Waals surface area contributed by atoms with Crippen molar-refractivity contribution in [2.45, 2.75) is 13.8 Å². The summed E-state index contributed by atoms with van der Waals surface area (Å²) in [6.45, 7) is 6.24. The molecule has 0 radical (unpaired) electrons. The summed E-state index contributed by atoms with van der Waals surface area (Å²) in [6.07, 6.45) is 1.67. The molecule has 0 unspecified atom stereocenters. The largest absolute Gasteiger partial charge is 0.366 e. The van der Waals surface area contributed by atoms with Crippen LogP contribution in [0.2, 0.25) is 0 Å². The van der Waals surface area contributed by atoms with Crippen LogP contribution in [0, 0.1) is 19.7 Å². The molecule has 1 saturated heterocycles. The van der Waals surface area contributed by atoms with Crippen LogP contribution in [0.4, 0.5) is 10.1 Å². The first-order chi connectivity index (χ1) is 13.5. The Bertz CT molecular complexity index is 987. The molecule has 6 nitrogen and oxygen atoms in total. The highest BCUT2D eigenvalue weighted by Crippen LogP contribution is 2.21. The number of piperazine rings is 1. The lowest BCUT2D eigenvalue weighted by molar-refractivity contribution is 0.0740. The van der Waals surface area contributed by atoms with E-state index in [9.17, 15) is 9.18 Å². The van der Waals surface area contributed by atoms with Gasteiger partial charge < -0.3 is 9.80 Å². The molecule has 0 N–H and O–H groups in total. The number of aromatic nitrogens is 3. The molecule has 0 spiro atoms. The lowest BCUT2D eigenvalue weighted by Gasteiger charge is -2.35. The van der Waals surface area contributed by atoms with Gasteiger partial charge in [0.25, 0.3) is 5.91 Å². The van der Waals surface area contributed by atoms with Crippen LogP contribution in [0.1, 0.15) is 21.6 Å². The second-order valence-electron chi connectivity index (χ2n) is 7.12. The zero-order valence-corrected chi connectivity index (χ0v) is 16.0. The van der Waals surface area contributed by atoms with Gasteiger partial charge in [-0.25, -0.2) is 9.07 Å². The molecule has 0 bridgehead atoms. The number of amides is 1. The van der Waals surface area contributed by atoms with Crippen LogP contribution in [0.3, 0.4) is 0 Å². The number of nitrogens with zero attached hydrogens (tertiary/aromatic N) is 5. The SMILES string of the molecule is Cc1cc(C)cc(-n2cc(C(=O)N3CCN(c4ccccc4F)CC3)nn2)c1. The zero-order chi connectivity index (χ0) is 19.7. The minimum absolute atomic E-state index is 0.149. The van der Waals surface area contributed by atoms with Gasteiger partial charge in [-0.15, -0.1) is 5.10 Å². The second-order valence-corrected chi connectivity index (χ2v) is 7.12. The number of carbonyl (C=O) groups excluding carboxylic acids is 1. The molecule has 1 fully saturated rings. The highest BCUT2D eigenvalue weighted by Gasteiger charge is 2.25. The van der Waals surface area contributed by atoms with Crippen LogP contribution in [-0.4, -0.2) is 52.0 Å². The van der Waals surface area contributed by atoms with Crippen LogP contribution < -0.4 is 4.90 Å². The monoisotopic (exact) mass is 379 g/mol. The average Bonchev–Trinajstić information content (AvgIpc) is 3.18. The predicted molar refractivity (Wildman–Crippen MR) is 105 cm³/mol. The maximum atomic E-state index is 14.0. The standard InChI is InChI=1S/C21H22FN5O/c1-15-11-16(2)13-17(12-15)27-14-19(23-24-27)21(28)26-9-7-25(8-10-26)20-6-4-3-5-18(20)22/h3-6,11-14H,7-10H2,1-2H3. The van der Waals surface area contributed by atoms with Crippen molar-refractivity contribution in [3.05, 3.63) is 71.3 Å². The highest BCUT2D eigenvalue weighted by atomic mass is 19.1. The summed E-state index contributed by atoms with van der Waals surface area (Å²) in [5.41, 5.74) is 4.03. The maximum Gasteiger partial charge on any atom is 0.276 e. The number of rotatable bonds is 3. The summed E-state index contributed by atoms with van der Waals surface area (Å²) in [5, 5.41) is 8.18. The fourth-order valence-electron chi connectivity index (χ4n) is 3.59. The van der Waals surface area contributed by atoms with E-state index in [-0.39, 0.29) is 11.7 Å². The third kappa shape index (κ3) is 3.60. The molecule has 0 aliphatic carbocycles. The lowest BCUT2D eigenvalue weighted by Crippen LogP contribution is -2.49. The van der Waals surface area contributed by atoms with Gasteiger partial charge in [-0.2, -0.15) is 0 Å². The summed E-state index contributed by atoms with van der Waals surface area (Å²) in [7, 11) is 0. The Kier molecular flexibility index (Phi) is 4.81. The smallest absolute Gasteiger partial charge is 0.276 e. The molecule has 7 heteroatoms. The van der Waals surface area contributed by atoms with Crippen LogP contribution >= 0.6 is 0 Å². The number of hydrogen-bond acceptors (Lipinski definition) is 4. The molecule has 1 amide bonds. The summed E-state index contributed by atoms with van der Waals surface area (Å²) in [6, 6.07) is 12.8. The minimum atomic E-state index is -0.237. The molecule has 2 aromatic carbocycles. The molecule has 4 rings (SSSR count). The molecule has 144 valence electrons. The average molecular weight is 379 g/mol. The summed E-state index contributed by atoms with van der Waals surface area (Å²) < 4.78 is 15.6. The Morgan fingerprint density at radius 1 is 1.00 bits per heavy atom. The van der Waals surface area contributed by atoms with E-state index in [0.29, 0.717) is 37.6 Å². The Morgan fingerprint density at radius 3 is 2.36 bits per heavy atom. The number of para-hydroxylation sites is 1. The van der Waals surface area contributed by atoms with E-state index in [0.717, 1.165) is 16.8 Å². The van der Waals surface area contributed by atoms with E-state index < -0.39 is 0 Å². The third-order valence-electron chi connectivity index (χ3n) is 4.94.